The van der Waals surface area contributed by atoms with Gasteiger partial charge in [0.15, 0.2) is 11.5 Å². The lowest BCUT2D eigenvalue weighted by Crippen LogP contribution is -2.03. The Morgan fingerprint density at radius 1 is 1.33 bits per heavy atom. The van der Waals surface area contributed by atoms with Crippen molar-refractivity contribution in [1.82, 2.24) is 0 Å². The predicted octanol–water partition coefficient (Wildman–Crippen LogP) is 3.19. The Balaban J connectivity index is 2.44. The van der Waals surface area contributed by atoms with Crippen molar-refractivity contribution < 1.29 is 17.9 Å². The summed E-state index contributed by atoms with van der Waals surface area (Å²) < 4.78 is 33.0. The van der Waals surface area contributed by atoms with E-state index in [4.69, 9.17) is 20.2 Å². The molecule has 0 spiro atoms. The van der Waals surface area contributed by atoms with Crippen molar-refractivity contribution in [2.45, 2.75) is 12.8 Å². The zero-order valence-electron chi connectivity index (χ0n) is 9.86. The first-order chi connectivity index (χ1) is 8.44. The molecule has 0 amide bonds. The lowest BCUT2D eigenvalue weighted by atomic mass is 10.3. The minimum atomic E-state index is -3.41. The fourth-order valence-corrected chi connectivity index (χ4v) is 2.68. The van der Waals surface area contributed by atoms with E-state index in [9.17, 15) is 8.42 Å². The van der Waals surface area contributed by atoms with Crippen molar-refractivity contribution in [3.63, 3.8) is 0 Å². The Hall–Kier alpha value is -0.460. The number of hydrogen-bond acceptors (Lipinski definition) is 4. The summed E-state index contributed by atoms with van der Waals surface area (Å²) in [7, 11) is 3.26. The van der Waals surface area contributed by atoms with Crippen molar-refractivity contribution in [3.05, 3.63) is 22.7 Å². The number of unbranched alkanes of at least 4 members (excludes halogenated alkanes) is 1. The number of benzene rings is 1. The zero-order chi connectivity index (χ0) is 13.6. The molecule has 0 unspecified atom stereocenters. The van der Waals surface area contributed by atoms with E-state index in [1.165, 1.54) is 0 Å². The van der Waals surface area contributed by atoms with E-state index in [1.54, 1.807) is 13.2 Å². The Bertz CT molecular complexity index is 490. The number of methoxy groups -OCH3 is 1. The quantitative estimate of drug-likeness (QED) is 0.555. The van der Waals surface area contributed by atoms with E-state index in [1.807, 2.05) is 12.1 Å². The van der Waals surface area contributed by atoms with Crippen molar-refractivity contribution >= 4 is 35.7 Å². The average molecular weight is 358 g/mol. The van der Waals surface area contributed by atoms with Crippen LogP contribution in [0.1, 0.15) is 12.8 Å². The molecule has 0 aliphatic heterocycles. The second-order valence-corrected chi connectivity index (χ2v) is 7.32. The van der Waals surface area contributed by atoms with E-state index in [2.05, 4.69) is 15.9 Å². The number of rotatable bonds is 7. The summed E-state index contributed by atoms with van der Waals surface area (Å²) in [5.74, 6) is 1.22. The van der Waals surface area contributed by atoms with Gasteiger partial charge < -0.3 is 9.47 Å². The van der Waals surface area contributed by atoms with Gasteiger partial charge in [-0.2, -0.15) is 0 Å². The van der Waals surface area contributed by atoms with Crippen molar-refractivity contribution in [1.29, 1.82) is 0 Å². The maximum absolute atomic E-state index is 10.7. The van der Waals surface area contributed by atoms with Gasteiger partial charge in [0.1, 0.15) is 0 Å². The minimum absolute atomic E-state index is 0.0367. The van der Waals surface area contributed by atoms with Crippen LogP contribution in [0.15, 0.2) is 22.7 Å². The van der Waals surface area contributed by atoms with Crippen LogP contribution < -0.4 is 9.47 Å². The molecule has 0 saturated carbocycles. The predicted molar refractivity (Wildman–Crippen MR) is 75.1 cm³/mol. The van der Waals surface area contributed by atoms with E-state index < -0.39 is 9.05 Å². The molecule has 4 nitrogen and oxygen atoms in total. The van der Waals surface area contributed by atoms with Gasteiger partial charge in [-0.15, -0.1) is 0 Å². The normalized spacial score (nSPS) is 11.3. The highest BCUT2D eigenvalue weighted by atomic mass is 79.9. The first-order valence-corrected chi connectivity index (χ1v) is 8.59. The number of para-hydroxylation sites is 1. The molecule has 7 heteroatoms. The third kappa shape index (κ3) is 5.46. The molecule has 0 aliphatic carbocycles. The molecule has 0 saturated heterocycles. The molecule has 1 rings (SSSR count). The molecule has 0 radical (unpaired) electrons. The van der Waals surface area contributed by atoms with Gasteiger partial charge in [0.2, 0.25) is 9.05 Å². The summed E-state index contributed by atoms with van der Waals surface area (Å²) in [5.41, 5.74) is 0. The number of ether oxygens (including phenoxy) is 2. The molecular formula is C11H14BrClO4S. The second-order valence-electron chi connectivity index (χ2n) is 3.57. The van der Waals surface area contributed by atoms with Crippen LogP contribution in [0.2, 0.25) is 0 Å². The van der Waals surface area contributed by atoms with Crippen LogP contribution in [-0.4, -0.2) is 27.9 Å². The Labute approximate surface area is 120 Å². The fraction of sp³-hybridized carbons (Fsp3) is 0.455. The van der Waals surface area contributed by atoms with Crippen LogP contribution in [0.25, 0.3) is 0 Å². The van der Waals surface area contributed by atoms with Crippen molar-refractivity contribution in [2.24, 2.45) is 0 Å². The first kappa shape index (κ1) is 15.6. The summed E-state index contributed by atoms with van der Waals surface area (Å²) in [6, 6.07) is 5.49. The molecule has 0 aliphatic rings. The molecule has 102 valence electrons. The third-order valence-corrected chi connectivity index (χ3v) is 4.04. The van der Waals surface area contributed by atoms with Gasteiger partial charge >= 0.3 is 0 Å². The molecule has 0 fully saturated rings. The number of hydrogen-bond donors (Lipinski definition) is 0. The number of halogens is 2. The minimum Gasteiger partial charge on any atom is -0.493 e. The summed E-state index contributed by atoms with van der Waals surface area (Å²) in [6.45, 7) is 0.408. The lowest BCUT2D eigenvalue weighted by Gasteiger charge is -2.11. The van der Waals surface area contributed by atoms with Gasteiger partial charge in [-0.05, 0) is 40.9 Å². The van der Waals surface area contributed by atoms with Crippen molar-refractivity contribution in [2.75, 3.05) is 19.5 Å². The fourth-order valence-electron chi connectivity index (χ4n) is 1.34. The molecule has 0 bridgehead atoms. The van der Waals surface area contributed by atoms with Gasteiger partial charge in [0, 0.05) is 10.7 Å². The van der Waals surface area contributed by atoms with Gasteiger partial charge in [-0.1, -0.05) is 6.07 Å². The summed E-state index contributed by atoms with van der Waals surface area (Å²) in [6.07, 6.45) is 1.08. The molecule has 1 aromatic rings. The maximum atomic E-state index is 10.7. The highest BCUT2D eigenvalue weighted by Gasteiger charge is 2.09. The maximum Gasteiger partial charge on any atom is 0.232 e. The topological polar surface area (TPSA) is 52.6 Å². The van der Waals surface area contributed by atoms with E-state index in [0.717, 1.165) is 4.47 Å². The van der Waals surface area contributed by atoms with Crippen molar-refractivity contribution in [3.8, 4) is 11.5 Å². The standard InChI is InChI=1S/C11H14BrClO4S/c1-16-10-6-4-5-9(12)11(10)17-7-2-3-8-18(13,14)15/h4-6H,2-3,7-8H2,1H3. The van der Waals surface area contributed by atoms with Crippen LogP contribution in [-0.2, 0) is 9.05 Å². The van der Waals surface area contributed by atoms with Gasteiger partial charge in [0.25, 0.3) is 0 Å². The molecule has 0 N–H and O–H groups in total. The molecule has 0 heterocycles. The Kier molecular flexibility index (Phi) is 6.25. The SMILES string of the molecule is COc1cccc(Br)c1OCCCCS(=O)(=O)Cl. The highest BCUT2D eigenvalue weighted by Crippen LogP contribution is 2.34. The van der Waals surface area contributed by atoms with Gasteiger partial charge in [0.05, 0.1) is 23.9 Å². The molecular weight excluding hydrogens is 344 g/mol. The monoisotopic (exact) mass is 356 g/mol. The largest absolute Gasteiger partial charge is 0.493 e. The summed E-state index contributed by atoms with van der Waals surface area (Å²) in [5, 5.41) is 0. The lowest BCUT2D eigenvalue weighted by molar-refractivity contribution is 0.286. The van der Waals surface area contributed by atoms with Gasteiger partial charge in [-0.25, -0.2) is 8.42 Å². The molecule has 18 heavy (non-hydrogen) atoms. The zero-order valence-corrected chi connectivity index (χ0v) is 13.0. The smallest absolute Gasteiger partial charge is 0.232 e. The van der Waals surface area contributed by atoms with Crippen LogP contribution in [0.5, 0.6) is 11.5 Å². The Morgan fingerprint density at radius 2 is 2.06 bits per heavy atom. The summed E-state index contributed by atoms with van der Waals surface area (Å²) >= 11 is 3.37. The van der Waals surface area contributed by atoms with Gasteiger partial charge in [-0.3, -0.25) is 0 Å². The average Bonchev–Trinajstić information content (AvgIpc) is 2.29. The van der Waals surface area contributed by atoms with E-state index in [-0.39, 0.29) is 5.75 Å². The molecule has 1 aromatic carbocycles. The first-order valence-electron chi connectivity index (χ1n) is 5.31. The second kappa shape index (κ2) is 7.21. The molecule has 0 aromatic heterocycles. The van der Waals surface area contributed by atoms with Crippen LogP contribution >= 0.6 is 26.6 Å². The van der Waals surface area contributed by atoms with Crippen LogP contribution in [0, 0.1) is 0 Å². The Morgan fingerprint density at radius 3 is 2.67 bits per heavy atom. The van der Waals surface area contributed by atoms with E-state index in [0.29, 0.717) is 30.9 Å². The van der Waals surface area contributed by atoms with E-state index >= 15 is 0 Å². The van der Waals surface area contributed by atoms with Crippen LogP contribution in [0.3, 0.4) is 0 Å². The summed E-state index contributed by atoms with van der Waals surface area (Å²) in [4.78, 5) is 0. The third-order valence-electron chi connectivity index (χ3n) is 2.18. The molecule has 0 atom stereocenters. The van der Waals surface area contributed by atoms with Crippen LogP contribution in [0.4, 0.5) is 0 Å². The highest BCUT2D eigenvalue weighted by molar-refractivity contribution is 9.10.